The van der Waals surface area contributed by atoms with Crippen LogP contribution in [0, 0.1) is 11.3 Å². The van der Waals surface area contributed by atoms with E-state index in [2.05, 4.69) is 5.32 Å². The number of anilines is 1. The second kappa shape index (κ2) is 8.08. The number of hydrogen-bond donors (Lipinski definition) is 1. The molecule has 6 heteroatoms. The van der Waals surface area contributed by atoms with Crippen LogP contribution < -0.4 is 19.5 Å². The van der Waals surface area contributed by atoms with Crippen molar-refractivity contribution in [3.8, 4) is 23.3 Å². The van der Waals surface area contributed by atoms with Crippen molar-refractivity contribution >= 4 is 17.7 Å². The fourth-order valence-electron chi connectivity index (χ4n) is 2.51. The molecule has 2 aromatic carbocycles. The molecule has 1 amide bonds. The smallest absolute Gasteiger partial charge is 0.266 e. The van der Waals surface area contributed by atoms with Gasteiger partial charge in [-0.25, -0.2) is 0 Å². The van der Waals surface area contributed by atoms with Gasteiger partial charge in [0.25, 0.3) is 5.91 Å². The van der Waals surface area contributed by atoms with Crippen LogP contribution in [-0.2, 0) is 4.79 Å². The number of hydrogen-bond acceptors (Lipinski definition) is 5. The molecule has 26 heavy (non-hydrogen) atoms. The van der Waals surface area contributed by atoms with E-state index in [0.717, 1.165) is 0 Å². The molecular formula is C20H18N2O4. The second-order valence-corrected chi connectivity index (χ2v) is 5.45. The summed E-state index contributed by atoms with van der Waals surface area (Å²) < 4.78 is 16.5. The van der Waals surface area contributed by atoms with Crippen molar-refractivity contribution in [1.82, 2.24) is 0 Å². The molecule has 2 aromatic rings. The lowest BCUT2D eigenvalue weighted by atomic mass is 10.1. The highest BCUT2D eigenvalue weighted by atomic mass is 16.6. The highest BCUT2D eigenvalue weighted by Crippen LogP contribution is 2.32. The molecule has 1 N–H and O–H groups in total. The molecule has 6 nitrogen and oxygen atoms in total. The lowest BCUT2D eigenvalue weighted by Gasteiger charge is -2.18. The lowest BCUT2D eigenvalue weighted by Crippen LogP contribution is -2.17. The van der Waals surface area contributed by atoms with E-state index < -0.39 is 5.91 Å². The number of para-hydroxylation sites is 1. The summed E-state index contributed by atoms with van der Waals surface area (Å²) in [5.74, 6) is 1.32. The number of carbonyl (C=O) groups excluding carboxylic acids is 1. The van der Waals surface area contributed by atoms with Gasteiger partial charge in [-0.2, -0.15) is 5.26 Å². The lowest BCUT2D eigenvalue weighted by molar-refractivity contribution is -0.112. The van der Waals surface area contributed by atoms with E-state index in [1.807, 2.05) is 25.1 Å². The molecule has 1 aliphatic rings. The van der Waals surface area contributed by atoms with Crippen molar-refractivity contribution in [2.45, 2.75) is 6.92 Å². The molecule has 0 aliphatic carbocycles. The molecule has 0 bridgehead atoms. The number of benzene rings is 2. The number of nitriles is 1. The molecular weight excluding hydrogens is 332 g/mol. The predicted molar refractivity (Wildman–Crippen MR) is 97.3 cm³/mol. The summed E-state index contributed by atoms with van der Waals surface area (Å²) in [5, 5.41) is 12.1. The molecule has 0 unspecified atom stereocenters. The molecule has 1 heterocycles. The van der Waals surface area contributed by atoms with E-state index in [9.17, 15) is 10.1 Å². The highest BCUT2D eigenvalue weighted by molar-refractivity contribution is 6.09. The third-order valence-electron chi connectivity index (χ3n) is 3.68. The Kier molecular flexibility index (Phi) is 5.40. The fourth-order valence-corrected chi connectivity index (χ4v) is 2.51. The minimum Gasteiger partial charge on any atom is -0.493 e. The zero-order valence-electron chi connectivity index (χ0n) is 14.3. The topological polar surface area (TPSA) is 80.6 Å². The van der Waals surface area contributed by atoms with Gasteiger partial charge in [0.2, 0.25) is 0 Å². The Balaban J connectivity index is 1.80. The maximum Gasteiger partial charge on any atom is 0.266 e. The monoisotopic (exact) mass is 350 g/mol. The minimum absolute atomic E-state index is 0.0213. The molecule has 3 rings (SSSR count). The van der Waals surface area contributed by atoms with Gasteiger partial charge in [-0.3, -0.25) is 4.79 Å². The molecule has 0 spiro atoms. The van der Waals surface area contributed by atoms with Crippen LogP contribution in [0.4, 0.5) is 5.69 Å². The number of carbonyl (C=O) groups is 1. The molecule has 0 radical (unpaired) electrons. The van der Waals surface area contributed by atoms with Crippen molar-refractivity contribution in [2.24, 2.45) is 0 Å². The Morgan fingerprint density at radius 1 is 1.23 bits per heavy atom. The van der Waals surface area contributed by atoms with Crippen LogP contribution in [-0.4, -0.2) is 25.7 Å². The molecule has 0 aromatic heterocycles. The first-order valence-corrected chi connectivity index (χ1v) is 8.26. The average Bonchev–Trinajstić information content (AvgIpc) is 2.67. The van der Waals surface area contributed by atoms with Gasteiger partial charge in [0.1, 0.15) is 30.6 Å². The maximum absolute atomic E-state index is 12.5. The molecule has 0 fully saturated rings. The summed E-state index contributed by atoms with van der Waals surface area (Å²) >= 11 is 0. The first-order valence-electron chi connectivity index (χ1n) is 8.26. The van der Waals surface area contributed by atoms with Crippen LogP contribution >= 0.6 is 0 Å². The van der Waals surface area contributed by atoms with Crippen molar-refractivity contribution < 1.29 is 19.0 Å². The second-order valence-electron chi connectivity index (χ2n) is 5.45. The van der Waals surface area contributed by atoms with Gasteiger partial charge < -0.3 is 19.5 Å². The van der Waals surface area contributed by atoms with Gasteiger partial charge >= 0.3 is 0 Å². The van der Waals surface area contributed by atoms with Crippen LogP contribution in [0.1, 0.15) is 12.5 Å². The van der Waals surface area contributed by atoms with Gasteiger partial charge in [-0.05, 0) is 31.2 Å². The number of nitrogens with one attached hydrogen (secondary N) is 1. The largest absolute Gasteiger partial charge is 0.493 e. The highest BCUT2D eigenvalue weighted by Gasteiger charge is 2.15. The molecule has 0 atom stereocenters. The number of rotatable bonds is 5. The standard InChI is InChI=1S/C20H18N2O4/c1-2-24-17-6-4-3-5-14(17)11-15(13-21)20(23)22-16-7-8-18-19(12-16)26-10-9-25-18/h3-8,11-12H,2,9-10H2,1H3,(H,22,23)/b15-11+. The van der Waals surface area contributed by atoms with E-state index in [0.29, 0.717) is 48.3 Å². The summed E-state index contributed by atoms with van der Waals surface area (Å²) in [4.78, 5) is 12.5. The van der Waals surface area contributed by atoms with Gasteiger partial charge in [0.15, 0.2) is 11.5 Å². The maximum atomic E-state index is 12.5. The van der Waals surface area contributed by atoms with Crippen LogP contribution in [0.15, 0.2) is 48.0 Å². The summed E-state index contributed by atoms with van der Waals surface area (Å²) in [5.41, 5.74) is 1.17. The number of ether oxygens (including phenoxy) is 3. The zero-order valence-corrected chi connectivity index (χ0v) is 14.3. The Bertz CT molecular complexity index is 884. The Hall–Kier alpha value is -3.46. The molecule has 0 saturated heterocycles. The predicted octanol–water partition coefficient (Wildman–Crippen LogP) is 3.40. The van der Waals surface area contributed by atoms with Crippen LogP contribution in [0.3, 0.4) is 0 Å². The van der Waals surface area contributed by atoms with E-state index >= 15 is 0 Å². The van der Waals surface area contributed by atoms with Gasteiger partial charge in [0, 0.05) is 17.3 Å². The van der Waals surface area contributed by atoms with Gasteiger partial charge in [0.05, 0.1) is 6.61 Å². The SMILES string of the molecule is CCOc1ccccc1/C=C(\C#N)C(=O)Nc1ccc2c(c1)OCCO2. The Labute approximate surface area is 151 Å². The summed E-state index contributed by atoms with van der Waals surface area (Å²) in [6, 6.07) is 14.3. The van der Waals surface area contributed by atoms with Gasteiger partial charge in [-0.15, -0.1) is 0 Å². The van der Waals surface area contributed by atoms with E-state index in [1.165, 1.54) is 6.08 Å². The number of fused-ring (bicyclic) bond motifs is 1. The Morgan fingerprint density at radius 3 is 2.77 bits per heavy atom. The normalized spacial score (nSPS) is 12.8. The van der Waals surface area contributed by atoms with Crippen LogP contribution in [0.25, 0.3) is 6.08 Å². The zero-order chi connectivity index (χ0) is 18.4. The first kappa shape index (κ1) is 17.4. The third-order valence-corrected chi connectivity index (χ3v) is 3.68. The number of nitrogens with zero attached hydrogens (tertiary/aromatic N) is 1. The van der Waals surface area contributed by atoms with Gasteiger partial charge in [-0.1, -0.05) is 18.2 Å². The Morgan fingerprint density at radius 2 is 2.00 bits per heavy atom. The fraction of sp³-hybridized carbons (Fsp3) is 0.200. The molecule has 1 aliphatic heterocycles. The first-order chi connectivity index (χ1) is 12.7. The third kappa shape index (κ3) is 3.95. The number of amides is 1. The molecule has 132 valence electrons. The van der Waals surface area contributed by atoms with Crippen molar-refractivity contribution in [3.05, 3.63) is 53.6 Å². The average molecular weight is 350 g/mol. The van der Waals surface area contributed by atoms with Crippen LogP contribution in [0.2, 0.25) is 0 Å². The van der Waals surface area contributed by atoms with E-state index in [-0.39, 0.29) is 5.57 Å². The van der Waals surface area contributed by atoms with Crippen molar-refractivity contribution in [2.75, 3.05) is 25.1 Å². The summed E-state index contributed by atoms with van der Waals surface area (Å²) in [7, 11) is 0. The summed E-state index contributed by atoms with van der Waals surface area (Å²) in [6.45, 7) is 3.33. The van der Waals surface area contributed by atoms with E-state index in [1.54, 1.807) is 30.3 Å². The quantitative estimate of drug-likeness (QED) is 0.660. The van der Waals surface area contributed by atoms with E-state index in [4.69, 9.17) is 14.2 Å². The van der Waals surface area contributed by atoms with Crippen LogP contribution in [0.5, 0.6) is 17.2 Å². The minimum atomic E-state index is -0.504. The molecule has 0 saturated carbocycles. The van der Waals surface area contributed by atoms with Crippen molar-refractivity contribution in [1.29, 1.82) is 5.26 Å². The van der Waals surface area contributed by atoms with Crippen molar-refractivity contribution in [3.63, 3.8) is 0 Å². The summed E-state index contributed by atoms with van der Waals surface area (Å²) in [6.07, 6.45) is 1.51.